The molecule has 0 radical (unpaired) electrons. The Labute approximate surface area is 169 Å². The second-order valence-corrected chi connectivity index (χ2v) is 6.91. The minimum absolute atomic E-state index is 0. The fourth-order valence-electron chi connectivity index (χ4n) is 3.15. The van der Waals surface area contributed by atoms with Crippen LogP contribution in [0.4, 0.5) is 5.69 Å². The molecule has 0 bridgehead atoms. The highest BCUT2D eigenvalue weighted by atomic mass is 127. The molecule has 1 aliphatic rings. The average Bonchev–Trinajstić information content (AvgIpc) is 2.93. The quantitative estimate of drug-likeness (QED) is 0.421. The Kier molecular flexibility index (Phi) is 5.24. The molecule has 2 aromatic carbocycles. The van der Waals surface area contributed by atoms with E-state index in [1.54, 1.807) is 7.11 Å². The first-order valence-corrected chi connectivity index (χ1v) is 8.68. The summed E-state index contributed by atoms with van der Waals surface area (Å²) in [5.74, 6) is 0.894. The molecular weight excluding hydrogens is 443 g/mol. The van der Waals surface area contributed by atoms with E-state index in [0.29, 0.717) is 0 Å². The molecule has 4 rings (SSSR count). The first kappa shape index (κ1) is 18.1. The molecule has 0 saturated heterocycles. The molecule has 5 heteroatoms. The maximum Gasteiger partial charge on any atom is 0.255 e. The number of pyridine rings is 1. The number of hydrogen-bond donors (Lipinski definition) is 0. The molecule has 0 N–H and O–H groups in total. The number of methoxy groups -OCH3 is 1. The van der Waals surface area contributed by atoms with E-state index in [0.717, 1.165) is 11.3 Å². The van der Waals surface area contributed by atoms with Gasteiger partial charge in [-0.25, -0.2) is 0 Å². The van der Waals surface area contributed by atoms with Crippen LogP contribution in [0.15, 0.2) is 64.7 Å². The number of fused-ring (bicyclic) bond motifs is 2. The van der Waals surface area contributed by atoms with Crippen LogP contribution >= 0.6 is 11.8 Å². The van der Waals surface area contributed by atoms with E-state index >= 15 is 0 Å². The van der Waals surface area contributed by atoms with Crippen LogP contribution in [0.3, 0.4) is 0 Å². The predicted octanol–water partition coefficient (Wildman–Crippen LogP) is 1.22. The van der Waals surface area contributed by atoms with Crippen molar-refractivity contribution in [1.82, 2.24) is 0 Å². The summed E-state index contributed by atoms with van der Waals surface area (Å²) in [5, 5.41) is 2.42. The number of hydrogen-bond acceptors (Lipinski definition) is 3. The van der Waals surface area contributed by atoms with Gasteiger partial charge in [0.25, 0.3) is 5.52 Å². The van der Waals surface area contributed by atoms with Crippen molar-refractivity contribution in [3.8, 4) is 5.75 Å². The van der Waals surface area contributed by atoms with Crippen molar-refractivity contribution in [3.63, 3.8) is 0 Å². The highest BCUT2D eigenvalue weighted by Gasteiger charge is 2.22. The van der Waals surface area contributed by atoms with E-state index in [2.05, 4.69) is 65.2 Å². The van der Waals surface area contributed by atoms with Gasteiger partial charge in [-0.2, -0.15) is 4.57 Å². The molecule has 1 aromatic heterocycles. The van der Waals surface area contributed by atoms with Crippen LogP contribution in [0.2, 0.25) is 0 Å². The number of aromatic nitrogens is 1. The number of halogens is 1. The summed E-state index contributed by atoms with van der Waals surface area (Å²) < 4.78 is 7.66. The SMILES string of the molecule is COc1cccc2c(/C=C3\Sc4ccccc4N3C)cc[n+](C)c12.[I-]. The Hall–Kier alpha value is -1.73. The largest absolute Gasteiger partial charge is 1.00 e. The highest BCUT2D eigenvalue weighted by Crippen LogP contribution is 2.45. The first-order valence-electron chi connectivity index (χ1n) is 7.86. The second-order valence-electron chi connectivity index (χ2n) is 5.85. The Balaban J connectivity index is 0.00000182. The van der Waals surface area contributed by atoms with Gasteiger partial charge in [-0.1, -0.05) is 30.0 Å². The topological polar surface area (TPSA) is 16.4 Å². The second kappa shape index (κ2) is 7.25. The molecule has 0 atom stereocenters. The van der Waals surface area contributed by atoms with Gasteiger partial charge >= 0.3 is 0 Å². The molecule has 0 amide bonds. The van der Waals surface area contributed by atoms with Gasteiger partial charge in [-0.3, -0.25) is 0 Å². The summed E-state index contributed by atoms with van der Waals surface area (Å²) in [7, 11) is 5.89. The Morgan fingerprint density at radius 1 is 1.08 bits per heavy atom. The van der Waals surface area contributed by atoms with Crippen molar-refractivity contribution in [3.05, 3.63) is 65.3 Å². The molecule has 128 valence electrons. The van der Waals surface area contributed by atoms with Crippen molar-refractivity contribution in [1.29, 1.82) is 0 Å². The smallest absolute Gasteiger partial charge is 0.255 e. The number of anilines is 1. The lowest BCUT2D eigenvalue weighted by Gasteiger charge is -2.13. The summed E-state index contributed by atoms with van der Waals surface area (Å²) in [4.78, 5) is 3.55. The van der Waals surface area contributed by atoms with Crippen molar-refractivity contribution >= 4 is 34.4 Å². The van der Waals surface area contributed by atoms with Crippen molar-refractivity contribution < 1.29 is 33.3 Å². The van der Waals surface area contributed by atoms with E-state index < -0.39 is 0 Å². The Morgan fingerprint density at radius 3 is 2.64 bits per heavy atom. The van der Waals surface area contributed by atoms with Gasteiger partial charge < -0.3 is 33.6 Å². The van der Waals surface area contributed by atoms with Gasteiger partial charge in [0.05, 0.1) is 23.2 Å². The van der Waals surface area contributed by atoms with Crippen LogP contribution in [-0.2, 0) is 7.05 Å². The van der Waals surface area contributed by atoms with Crippen LogP contribution in [0.1, 0.15) is 5.56 Å². The van der Waals surface area contributed by atoms with Gasteiger partial charge in [0, 0.05) is 18.0 Å². The lowest BCUT2D eigenvalue weighted by molar-refractivity contribution is -0.645. The zero-order valence-electron chi connectivity index (χ0n) is 14.4. The number of ether oxygens (including phenoxy) is 1. The van der Waals surface area contributed by atoms with E-state index in [1.165, 1.54) is 26.6 Å². The normalized spacial score (nSPS) is 14.5. The molecule has 0 spiro atoms. The fourth-order valence-corrected chi connectivity index (χ4v) is 4.25. The lowest BCUT2D eigenvalue weighted by atomic mass is 10.1. The third kappa shape index (κ3) is 3.11. The van der Waals surface area contributed by atoms with Gasteiger partial charge in [0.1, 0.15) is 7.05 Å². The van der Waals surface area contributed by atoms with Crippen molar-refractivity contribution in [2.75, 3.05) is 19.1 Å². The zero-order valence-corrected chi connectivity index (χ0v) is 17.3. The predicted molar refractivity (Wildman–Crippen MR) is 100 cm³/mol. The third-order valence-electron chi connectivity index (χ3n) is 4.41. The van der Waals surface area contributed by atoms with Crippen LogP contribution in [0.5, 0.6) is 5.75 Å². The lowest BCUT2D eigenvalue weighted by Crippen LogP contribution is -3.00. The maximum absolute atomic E-state index is 5.55. The fraction of sp³-hybridized carbons (Fsp3) is 0.150. The van der Waals surface area contributed by atoms with Gasteiger partial charge in [0.15, 0.2) is 11.9 Å². The molecule has 2 heterocycles. The molecular formula is C20H19IN2OS. The maximum atomic E-state index is 5.55. The number of thioether (sulfide) groups is 1. The standard InChI is InChI=1S/C20H19N2OS.HI/c1-21-12-11-14(15-7-6-9-17(23-3)20(15)21)13-19-22(2)16-8-4-5-10-18(16)24-19;/h4-13H,1-3H3;1H/q+1;/p-1. The number of aryl methyl sites for hydroxylation is 1. The molecule has 25 heavy (non-hydrogen) atoms. The van der Waals surface area contributed by atoms with Gasteiger partial charge in [-0.05, 0) is 35.9 Å². The number of para-hydroxylation sites is 2. The molecule has 0 fully saturated rings. The van der Waals surface area contributed by atoms with Crippen molar-refractivity contribution in [2.24, 2.45) is 7.05 Å². The van der Waals surface area contributed by atoms with E-state index in [-0.39, 0.29) is 24.0 Å². The third-order valence-corrected chi connectivity index (χ3v) is 5.58. The summed E-state index contributed by atoms with van der Waals surface area (Å²) in [6.45, 7) is 0. The summed E-state index contributed by atoms with van der Waals surface area (Å²) in [5.41, 5.74) is 3.57. The minimum atomic E-state index is 0. The zero-order chi connectivity index (χ0) is 16.7. The van der Waals surface area contributed by atoms with E-state index in [4.69, 9.17) is 4.74 Å². The van der Waals surface area contributed by atoms with E-state index in [9.17, 15) is 0 Å². The highest BCUT2D eigenvalue weighted by molar-refractivity contribution is 8.03. The van der Waals surface area contributed by atoms with Crippen LogP contribution in [0.25, 0.3) is 17.0 Å². The minimum Gasteiger partial charge on any atom is -1.00 e. The van der Waals surface area contributed by atoms with Gasteiger partial charge in [-0.15, -0.1) is 0 Å². The number of benzene rings is 2. The summed E-state index contributed by atoms with van der Waals surface area (Å²) in [6.07, 6.45) is 4.34. The van der Waals surface area contributed by atoms with Crippen molar-refractivity contribution in [2.45, 2.75) is 4.90 Å². The monoisotopic (exact) mass is 462 g/mol. The number of nitrogens with zero attached hydrogens (tertiary/aromatic N) is 2. The molecule has 1 aliphatic heterocycles. The number of rotatable bonds is 2. The molecule has 3 nitrogen and oxygen atoms in total. The molecule has 0 unspecified atom stereocenters. The molecule has 3 aromatic rings. The molecule has 0 aliphatic carbocycles. The van der Waals surface area contributed by atoms with Crippen LogP contribution in [0, 0.1) is 0 Å². The van der Waals surface area contributed by atoms with Crippen LogP contribution in [-0.4, -0.2) is 14.2 Å². The Bertz CT molecular complexity index is 971. The van der Waals surface area contributed by atoms with Crippen LogP contribution < -0.4 is 38.2 Å². The van der Waals surface area contributed by atoms with Gasteiger partial charge in [0.2, 0.25) is 0 Å². The first-order chi connectivity index (χ1) is 11.7. The molecule has 0 saturated carbocycles. The Morgan fingerprint density at radius 2 is 1.88 bits per heavy atom. The summed E-state index contributed by atoms with van der Waals surface area (Å²) >= 11 is 1.81. The van der Waals surface area contributed by atoms with E-state index in [1.807, 2.05) is 30.9 Å². The summed E-state index contributed by atoms with van der Waals surface area (Å²) in [6, 6.07) is 16.9. The average molecular weight is 462 g/mol.